The Bertz CT molecular complexity index is 1130. The molecule has 3 aromatic rings. The van der Waals surface area contributed by atoms with E-state index in [-0.39, 0.29) is 18.6 Å². The van der Waals surface area contributed by atoms with E-state index in [1.165, 1.54) is 11.3 Å². The van der Waals surface area contributed by atoms with Gasteiger partial charge >= 0.3 is 6.18 Å². The number of alkyl halides is 3. The Balaban J connectivity index is 1.64. The van der Waals surface area contributed by atoms with Gasteiger partial charge in [0.15, 0.2) is 0 Å². The zero-order valence-electron chi connectivity index (χ0n) is 18.1. The summed E-state index contributed by atoms with van der Waals surface area (Å²) in [5.41, 5.74) is 1.52. The van der Waals surface area contributed by atoms with Gasteiger partial charge in [-0.25, -0.2) is 0 Å². The van der Waals surface area contributed by atoms with E-state index in [1.54, 1.807) is 6.07 Å². The number of amides is 2. The number of nitrogens with one attached hydrogen (secondary N) is 2. The number of Topliss-reactive ketones (excluding diaryl/α,β-unsaturated/α-hetero) is 1. The maximum absolute atomic E-state index is 12.9. The van der Waals surface area contributed by atoms with Gasteiger partial charge in [-0.05, 0) is 52.4 Å². The molecule has 0 spiro atoms. The number of rotatable bonds is 11. The number of thioether (sulfide) groups is 1. The van der Waals surface area contributed by atoms with Crippen LogP contribution in [-0.4, -0.2) is 41.3 Å². The van der Waals surface area contributed by atoms with Gasteiger partial charge in [-0.15, -0.1) is 0 Å². The smallest absolute Gasteiger partial charge is 0.373 e. The molecule has 5 nitrogen and oxygen atoms in total. The molecule has 0 aliphatic heterocycles. The highest BCUT2D eigenvalue weighted by atomic mass is 32.2. The first kappa shape index (κ1) is 25.8. The number of hydrogen-bond acceptors (Lipinski definition) is 6. The van der Waals surface area contributed by atoms with Crippen molar-refractivity contribution in [1.29, 1.82) is 0 Å². The SMILES string of the molecule is O=C(Cc1ccsc1)NC(=O)[C@H](CCCSCC(=O)C(F)(F)F)Nc1cccc2ccccc12. The van der Waals surface area contributed by atoms with E-state index in [2.05, 4.69) is 10.6 Å². The molecule has 34 heavy (non-hydrogen) atoms. The van der Waals surface area contributed by atoms with Gasteiger partial charge < -0.3 is 5.32 Å². The molecule has 0 bridgehead atoms. The number of fused-ring (bicyclic) bond motifs is 1. The first-order valence-electron chi connectivity index (χ1n) is 10.5. The predicted octanol–water partition coefficient (Wildman–Crippen LogP) is 5.21. The Morgan fingerprint density at radius 3 is 2.53 bits per heavy atom. The second kappa shape index (κ2) is 12.0. The van der Waals surface area contributed by atoms with E-state index in [0.29, 0.717) is 12.1 Å². The Kier molecular flexibility index (Phi) is 9.12. The fourth-order valence-corrected chi connectivity index (χ4v) is 4.82. The predicted molar refractivity (Wildman–Crippen MR) is 130 cm³/mol. The summed E-state index contributed by atoms with van der Waals surface area (Å²) in [6, 6.07) is 14.3. The molecule has 0 aliphatic carbocycles. The topological polar surface area (TPSA) is 75.3 Å². The van der Waals surface area contributed by atoms with E-state index in [1.807, 2.05) is 53.2 Å². The van der Waals surface area contributed by atoms with Crippen LogP contribution in [0, 0.1) is 0 Å². The minimum absolute atomic E-state index is 0.0750. The third-order valence-corrected chi connectivity index (χ3v) is 6.75. The van der Waals surface area contributed by atoms with Crippen LogP contribution in [-0.2, 0) is 20.8 Å². The summed E-state index contributed by atoms with van der Waals surface area (Å²) in [7, 11) is 0. The van der Waals surface area contributed by atoms with Gasteiger partial charge in [-0.3, -0.25) is 19.7 Å². The molecular weight excluding hydrogens is 485 g/mol. The first-order chi connectivity index (χ1) is 16.2. The van der Waals surface area contributed by atoms with Crippen molar-refractivity contribution in [1.82, 2.24) is 5.32 Å². The highest BCUT2D eigenvalue weighted by molar-refractivity contribution is 7.99. The Hall–Kier alpha value is -2.85. The van der Waals surface area contributed by atoms with Crippen molar-refractivity contribution in [2.45, 2.75) is 31.5 Å². The second-order valence-corrected chi connectivity index (χ2v) is 9.45. The van der Waals surface area contributed by atoms with E-state index >= 15 is 0 Å². The summed E-state index contributed by atoms with van der Waals surface area (Å²) in [5, 5.41) is 11.2. The van der Waals surface area contributed by atoms with Gasteiger partial charge in [-0.2, -0.15) is 36.3 Å². The summed E-state index contributed by atoms with van der Waals surface area (Å²) >= 11 is 2.33. The van der Waals surface area contributed by atoms with Gasteiger partial charge in [0.05, 0.1) is 12.2 Å². The van der Waals surface area contributed by atoms with Crippen LogP contribution >= 0.6 is 23.1 Å². The summed E-state index contributed by atoms with van der Waals surface area (Å²) in [5.74, 6) is -3.11. The maximum Gasteiger partial charge on any atom is 0.450 e. The minimum Gasteiger partial charge on any atom is -0.373 e. The van der Waals surface area contributed by atoms with Crippen molar-refractivity contribution in [3.05, 3.63) is 64.9 Å². The molecule has 10 heteroatoms. The number of hydrogen-bond donors (Lipinski definition) is 2. The Labute approximate surface area is 203 Å². The van der Waals surface area contributed by atoms with Crippen LogP contribution in [0.15, 0.2) is 59.3 Å². The number of imide groups is 1. The zero-order chi connectivity index (χ0) is 24.6. The van der Waals surface area contributed by atoms with Crippen molar-refractivity contribution in [3.8, 4) is 0 Å². The maximum atomic E-state index is 12.9. The van der Waals surface area contributed by atoms with E-state index in [9.17, 15) is 27.6 Å². The summed E-state index contributed by atoms with van der Waals surface area (Å²) in [4.78, 5) is 36.3. The van der Waals surface area contributed by atoms with Gasteiger partial charge in [0.1, 0.15) is 6.04 Å². The average molecular weight is 509 g/mol. The molecule has 180 valence electrons. The fraction of sp³-hybridized carbons (Fsp3) is 0.292. The molecule has 2 aromatic carbocycles. The van der Waals surface area contributed by atoms with Crippen LogP contribution in [0.1, 0.15) is 18.4 Å². The van der Waals surface area contributed by atoms with Crippen LogP contribution < -0.4 is 10.6 Å². The minimum atomic E-state index is -4.84. The lowest BCUT2D eigenvalue weighted by Gasteiger charge is -2.20. The third kappa shape index (κ3) is 7.59. The molecule has 0 fully saturated rings. The Morgan fingerprint density at radius 1 is 1.03 bits per heavy atom. The third-order valence-electron chi connectivity index (χ3n) is 4.97. The molecule has 0 saturated heterocycles. The van der Waals surface area contributed by atoms with E-state index < -0.39 is 35.6 Å². The summed E-state index contributed by atoms with van der Waals surface area (Å²) < 4.78 is 37.1. The molecule has 2 N–H and O–H groups in total. The fourth-order valence-electron chi connectivity index (χ4n) is 3.29. The van der Waals surface area contributed by atoms with Gasteiger partial charge in [0.25, 0.3) is 0 Å². The molecule has 1 aromatic heterocycles. The van der Waals surface area contributed by atoms with Crippen LogP contribution in [0.4, 0.5) is 18.9 Å². The van der Waals surface area contributed by atoms with Crippen molar-refractivity contribution in [2.24, 2.45) is 0 Å². The number of halogens is 3. The lowest BCUT2D eigenvalue weighted by molar-refractivity contribution is -0.167. The highest BCUT2D eigenvalue weighted by Gasteiger charge is 2.37. The van der Waals surface area contributed by atoms with Crippen molar-refractivity contribution < 1.29 is 27.6 Å². The number of benzene rings is 2. The molecule has 0 radical (unpaired) electrons. The van der Waals surface area contributed by atoms with E-state index in [4.69, 9.17) is 0 Å². The van der Waals surface area contributed by atoms with Gasteiger partial charge in [0.2, 0.25) is 17.6 Å². The average Bonchev–Trinajstić information content (AvgIpc) is 3.30. The molecule has 1 atom stereocenters. The van der Waals surface area contributed by atoms with Crippen LogP contribution in [0.25, 0.3) is 10.8 Å². The molecule has 3 rings (SSSR count). The molecule has 1 heterocycles. The number of anilines is 1. The normalized spacial score (nSPS) is 12.3. The van der Waals surface area contributed by atoms with Crippen molar-refractivity contribution >= 4 is 57.2 Å². The number of thiophene rings is 1. The second-order valence-electron chi connectivity index (χ2n) is 7.56. The first-order valence-corrected chi connectivity index (χ1v) is 12.6. The van der Waals surface area contributed by atoms with Crippen molar-refractivity contribution in [3.63, 3.8) is 0 Å². The largest absolute Gasteiger partial charge is 0.450 e. The van der Waals surface area contributed by atoms with Crippen LogP contribution in [0.2, 0.25) is 0 Å². The molecule has 0 aliphatic rings. The van der Waals surface area contributed by atoms with Gasteiger partial charge in [-0.1, -0.05) is 36.4 Å². The highest BCUT2D eigenvalue weighted by Crippen LogP contribution is 2.25. The standard InChI is InChI=1S/C24H23F3N2O3S2/c25-24(26,27)21(30)15-33-11-4-9-20(23(32)29-22(31)13-16-10-12-34-14-16)28-19-8-3-6-17-5-1-2-7-18(17)19/h1-3,5-8,10,12,14,20,28H,4,9,11,13,15H2,(H,29,31,32)/t20-/m0/s1. The molecule has 0 saturated carbocycles. The van der Waals surface area contributed by atoms with Crippen molar-refractivity contribution in [2.75, 3.05) is 16.8 Å². The van der Waals surface area contributed by atoms with Gasteiger partial charge in [0, 0.05) is 11.1 Å². The van der Waals surface area contributed by atoms with Crippen LogP contribution in [0.3, 0.4) is 0 Å². The quantitative estimate of drug-likeness (QED) is 0.348. The Morgan fingerprint density at radius 2 is 1.79 bits per heavy atom. The summed E-state index contributed by atoms with van der Waals surface area (Å²) in [6.07, 6.45) is -4.11. The van der Waals surface area contributed by atoms with E-state index in [0.717, 1.165) is 28.1 Å². The molecule has 0 unspecified atom stereocenters. The van der Waals surface area contributed by atoms with Crippen LogP contribution in [0.5, 0.6) is 0 Å². The molecular formula is C24H23F3N2O3S2. The number of carbonyl (C=O) groups is 3. The monoisotopic (exact) mass is 508 g/mol. The number of ketones is 1. The number of carbonyl (C=O) groups excluding carboxylic acids is 3. The lowest BCUT2D eigenvalue weighted by Crippen LogP contribution is -2.43. The lowest BCUT2D eigenvalue weighted by atomic mass is 10.1. The summed E-state index contributed by atoms with van der Waals surface area (Å²) in [6.45, 7) is 0. The molecule has 2 amide bonds. The zero-order valence-corrected chi connectivity index (χ0v) is 19.7.